The number of benzene rings is 1. The van der Waals surface area contributed by atoms with Crippen LogP contribution in [-0.4, -0.2) is 9.78 Å². The number of aryl methyl sites for hydroxylation is 3. The summed E-state index contributed by atoms with van der Waals surface area (Å²) in [4.78, 5) is 0. The fourth-order valence-corrected chi connectivity index (χ4v) is 2.30. The SMILES string of the molecule is Cc1cc(CC(NN)c2ccccc2C)n(C)n1. The minimum absolute atomic E-state index is 0.112. The zero-order valence-corrected chi connectivity index (χ0v) is 11.1. The number of hydrogen-bond acceptors (Lipinski definition) is 3. The zero-order valence-electron chi connectivity index (χ0n) is 11.1. The lowest BCUT2D eigenvalue weighted by Crippen LogP contribution is -2.30. The van der Waals surface area contributed by atoms with E-state index in [2.05, 4.69) is 35.6 Å². The van der Waals surface area contributed by atoms with Crippen molar-refractivity contribution >= 4 is 0 Å². The molecule has 0 spiro atoms. The Morgan fingerprint density at radius 2 is 2.06 bits per heavy atom. The monoisotopic (exact) mass is 244 g/mol. The van der Waals surface area contributed by atoms with Gasteiger partial charge in [-0.25, -0.2) is 0 Å². The van der Waals surface area contributed by atoms with Crippen molar-refractivity contribution in [3.8, 4) is 0 Å². The van der Waals surface area contributed by atoms with Gasteiger partial charge in [-0.05, 0) is 31.0 Å². The molecule has 2 aromatic rings. The van der Waals surface area contributed by atoms with Gasteiger partial charge < -0.3 is 0 Å². The fraction of sp³-hybridized carbons (Fsp3) is 0.357. The molecule has 1 heterocycles. The van der Waals surface area contributed by atoms with Crippen molar-refractivity contribution in [2.24, 2.45) is 12.9 Å². The van der Waals surface area contributed by atoms with Crippen molar-refractivity contribution in [1.82, 2.24) is 15.2 Å². The van der Waals surface area contributed by atoms with E-state index >= 15 is 0 Å². The topological polar surface area (TPSA) is 55.9 Å². The van der Waals surface area contributed by atoms with E-state index in [0.717, 1.165) is 12.1 Å². The maximum Gasteiger partial charge on any atom is 0.0596 e. The van der Waals surface area contributed by atoms with Crippen LogP contribution in [0.3, 0.4) is 0 Å². The molecule has 1 atom stereocenters. The van der Waals surface area contributed by atoms with Gasteiger partial charge in [-0.1, -0.05) is 24.3 Å². The van der Waals surface area contributed by atoms with Gasteiger partial charge in [0.2, 0.25) is 0 Å². The van der Waals surface area contributed by atoms with Crippen LogP contribution in [-0.2, 0) is 13.5 Å². The molecule has 0 aliphatic heterocycles. The molecule has 0 saturated heterocycles. The predicted molar refractivity (Wildman–Crippen MR) is 72.9 cm³/mol. The number of nitrogens with one attached hydrogen (secondary N) is 1. The molecule has 0 fully saturated rings. The largest absolute Gasteiger partial charge is 0.272 e. The first-order valence-corrected chi connectivity index (χ1v) is 6.13. The van der Waals surface area contributed by atoms with Crippen LogP contribution in [0.2, 0.25) is 0 Å². The van der Waals surface area contributed by atoms with E-state index in [1.165, 1.54) is 16.8 Å². The summed E-state index contributed by atoms with van der Waals surface area (Å²) in [6.45, 7) is 4.11. The molecule has 96 valence electrons. The molecule has 18 heavy (non-hydrogen) atoms. The van der Waals surface area contributed by atoms with Gasteiger partial charge in [0.25, 0.3) is 0 Å². The average molecular weight is 244 g/mol. The van der Waals surface area contributed by atoms with E-state index < -0.39 is 0 Å². The number of hydrazine groups is 1. The van der Waals surface area contributed by atoms with Crippen molar-refractivity contribution in [3.63, 3.8) is 0 Å². The average Bonchev–Trinajstić information content (AvgIpc) is 2.66. The van der Waals surface area contributed by atoms with Crippen molar-refractivity contribution in [3.05, 3.63) is 52.8 Å². The normalized spacial score (nSPS) is 12.7. The van der Waals surface area contributed by atoms with Crippen LogP contribution >= 0.6 is 0 Å². The summed E-state index contributed by atoms with van der Waals surface area (Å²) in [5.41, 5.74) is 7.60. The summed E-state index contributed by atoms with van der Waals surface area (Å²) in [7, 11) is 1.97. The maximum absolute atomic E-state index is 5.70. The van der Waals surface area contributed by atoms with Crippen molar-refractivity contribution in [1.29, 1.82) is 0 Å². The lowest BCUT2D eigenvalue weighted by atomic mass is 9.98. The molecular weight excluding hydrogens is 224 g/mol. The second-order valence-corrected chi connectivity index (χ2v) is 4.68. The first-order chi connectivity index (χ1) is 8.61. The molecular formula is C14H20N4. The Bertz CT molecular complexity index is 530. The predicted octanol–water partition coefficient (Wildman–Crippen LogP) is 1.78. The van der Waals surface area contributed by atoms with Crippen molar-refractivity contribution in [2.75, 3.05) is 0 Å². The van der Waals surface area contributed by atoms with Gasteiger partial charge in [-0.15, -0.1) is 0 Å². The standard InChI is InChI=1S/C14H20N4/c1-10-6-4-5-7-13(10)14(16-15)9-12-8-11(2)17-18(12)3/h4-8,14,16H,9,15H2,1-3H3. The van der Waals surface area contributed by atoms with E-state index in [1.54, 1.807) is 0 Å². The Hall–Kier alpha value is -1.65. The smallest absolute Gasteiger partial charge is 0.0596 e. The van der Waals surface area contributed by atoms with Gasteiger partial charge in [0.15, 0.2) is 0 Å². The van der Waals surface area contributed by atoms with Gasteiger partial charge in [-0.3, -0.25) is 16.0 Å². The summed E-state index contributed by atoms with van der Waals surface area (Å²) in [5, 5.41) is 4.36. The molecule has 1 aromatic heterocycles. The van der Waals surface area contributed by atoms with Gasteiger partial charge in [0, 0.05) is 19.2 Å². The van der Waals surface area contributed by atoms with E-state index in [9.17, 15) is 0 Å². The highest BCUT2D eigenvalue weighted by Crippen LogP contribution is 2.21. The minimum atomic E-state index is 0.112. The molecule has 3 N–H and O–H groups in total. The Kier molecular flexibility index (Phi) is 3.79. The van der Waals surface area contributed by atoms with Crippen molar-refractivity contribution in [2.45, 2.75) is 26.3 Å². The fourth-order valence-electron chi connectivity index (χ4n) is 2.30. The molecule has 1 aromatic carbocycles. The molecule has 0 bridgehead atoms. The lowest BCUT2D eigenvalue weighted by molar-refractivity contribution is 0.528. The summed E-state index contributed by atoms with van der Waals surface area (Å²) in [6, 6.07) is 10.5. The second-order valence-electron chi connectivity index (χ2n) is 4.68. The van der Waals surface area contributed by atoms with Crippen LogP contribution in [0, 0.1) is 13.8 Å². The van der Waals surface area contributed by atoms with E-state index in [0.29, 0.717) is 0 Å². The molecule has 4 nitrogen and oxygen atoms in total. The molecule has 4 heteroatoms. The number of rotatable bonds is 4. The summed E-state index contributed by atoms with van der Waals surface area (Å²) in [5.74, 6) is 5.70. The minimum Gasteiger partial charge on any atom is -0.272 e. The number of nitrogens with two attached hydrogens (primary N) is 1. The van der Waals surface area contributed by atoms with Crippen LogP contribution < -0.4 is 11.3 Å². The Labute approximate surface area is 108 Å². The number of nitrogens with zero attached hydrogens (tertiary/aromatic N) is 2. The highest BCUT2D eigenvalue weighted by Gasteiger charge is 2.14. The molecule has 2 rings (SSSR count). The van der Waals surface area contributed by atoms with E-state index in [4.69, 9.17) is 5.84 Å². The van der Waals surface area contributed by atoms with Gasteiger partial charge >= 0.3 is 0 Å². The quantitative estimate of drug-likeness (QED) is 0.637. The Morgan fingerprint density at radius 1 is 1.33 bits per heavy atom. The third-order valence-electron chi connectivity index (χ3n) is 3.28. The maximum atomic E-state index is 5.70. The third kappa shape index (κ3) is 2.60. The van der Waals surface area contributed by atoms with Crippen LogP contribution in [0.5, 0.6) is 0 Å². The van der Waals surface area contributed by atoms with E-state index in [1.807, 2.05) is 30.8 Å². The molecule has 0 radical (unpaired) electrons. The second kappa shape index (κ2) is 5.33. The molecule has 0 amide bonds. The first kappa shape index (κ1) is 12.8. The summed E-state index contributed by atoms with van der Waals surface area (Å²) in [6.07, 6.45) is 0.832. The molecule has 0 aliphatic rings. The molecule has 0 aliphatic carbocycles. The van der Waals surface area contributed by atoms with Crippen LogP contribution in [0.25, 0.3) is 0 Å². The van der Waals surface area contributed by atoms with Gasteiger partial charge in [0.1, 0.15) is 0 Å². The highest BCUT2D eigenvalue weighted by atomic mass is 15.3. The number of aromatic nitrogens is 2. The Morgan fingerprint density at radius 3 is 2.61 bits per heavy atom. The molecule has 0 saturated carbocycles. The summed E-state index contributed by atoms with van der Waals surface area (Å²) < 4.78 is 1.91. The van der Waals surface area contributed by atoms with Crippen molar-refractivity contribution < 1.29 is 0 Å². The molecule has 1 unspecified atom stereocenters. The first-order valence-electron chi connectivity index (χ1n) is 6.13. The van der Waals surface area contributed by atoms with Crippen LogP contribution in [0.1, 0.15) is 28.6 Å². The van der Waals surface area contributed by atoms with E-state index in [-0.39, 0.29) is 6.04 Å². The highest BCUT2D eigenvalue weighted by molar-refractivity contribution is 5.29. The lowest BCUT2D eigenvalue weighted by Gasteiger charge is -2.18. The van der Waals surface area contributed by atoms with Gasteiger partial charge in [-0.2, -0.15) is 5.10 Å². The number of hydrogen-bond donors (Lipinski definition) is 2. The van der Waals surface area contributed by atoms with Crippen LogP contribution in [0.15, 0.2) is 30.3 Å². The zero-order chi connectivity index (χ0) is 13.1. The Balaban J connectivity index is 2.25. The third-order valence-corrected chi connectivity index (χ3v) is 3.28. The van der Waals surface area contributed by atoms with Crippen LogP contribution in [0.4, 0.5) is 0 Å². The summed E-state index contributed by atoms with van der Waals surface area (Å²) >= 11 is 0. The van der Waals surface area contributed by atoms with Gasteiger partial charge in [0.05, 0.1) is 11.7 Å².